The summed E-state index contributed by atoms with van der Waals surface area (Å²) in [5.74, 6) is -2.64. The molecule has 31 heavy (non-hydrogen) atoms. The molecule has 6 atom stereocenters. The summed E-state index contributed by atoms with van der Waals surface area (Å²) in [6.07, 6.45) is 2.13. The van der Waals surface area contributed by atoms with Gasteiger partial charge in [-0.3, -0.25) is 9.59 Å². The Bertz CT molecular complexity index is 999. The lowest BCUT2D eigenvalue weighted by molar-refractivity contribution is -0.174. The third kappa shape index (κ3) is 2.23. The van der Waals surface area contributed by atoms with Crippen molar-refractivity contribution in [3.05, 3.63) is 35.5 Å². The van der Waals surface area contributed by atoms with E-state index in [9.17, 15) is 24.6 Å². The van der Waals surface area contributed by atoms with Gasteiger partial charge in [0.05, 0.1) is 12.7 Å². The fraction of sp³-hybridized carbons (Fsp3) is 0.625. The first-order valence-electron chi connectivity index (χ1n) is 10.5. The van der Waals surface area contributed by atoms with Crippen molar-refractivity contribution >= 4 is 17.7 Å². The van der Waals surface area contributed by atoms with Gasteiger partial charge in [0, 0.05) is 22.8 Å². The summed E-state index contributed by atoms with van der Waals surface area (Å²) in [6, 6.07) is 0. The Morgan fingerprint density at radius 2 is 1.81 bits per heavy atom. The lowest BCUT2D eigenvalue weighted by Crippen LogP contribution is -2.62. The molecule has 1 heterocycles. The summed E-state index contributed by atoms with van der Waals surface area (Å²) in [5, 5.41) is 22.9. The van der Waals surface area contributed by atoms with E-state index < -0.39 is 57.2 Å². The Hall–Kier alpha value is -2.25. The van der Waals surface area contributed by atoms with Crippen molar-refractivity contribution in [1.82, 2.24) is 0 Å². The molecule has 0 spiro atoms. The van der Waals surface area contributed by atoms with Gasteiger partial charge in [-0.2, -0.15) is 0 Å². The van der Waals surface area contributed by atoms with Crippen molar-refractivity contribution in [3.8, 4) is 0 Å². The van der Waals surface area contributed by atoms with E-state index in [1.165, 1.54) is 13.2 Å². The number of allylic oxidation sites excluding steroid dienone is 1. The molecular formula is C24H30O7. The zero-order chi connectivity index (χ0) is 23.4. The number of Topliss-reactive ketones (excluding diaryl/α,β-unsaturated/α-hetero) is 1. The Labute approximate surface area is 181 Å². The quantitative estimate of drug-likeness (QED) is 0.372. The van der Waals surface area contributed by atoms with Crippen LogP contribution < -0.4 is 0 Å². The van der Waals surface area contributed by atoms with E-state index in [0.29, 0.717) is 16.7 Å². The predicted octanol–water partition coefficient (Wildman–Crippen LogP) is 2.02. The highest BCUT2D eigenvalue weighted by atomic mass is 16.6. The average molecular weight is 430 g/mol. The SMILES string of the molecule is C=C1C2(C)CC3C(C)(O)C4=CC(=O)OC(C)(C)C4=CCC3(C)[C@]1(C(=O)OC)C(=O)C2O. The normalized spacial score (nSPS) is 45.6. The molecular weight excluding hydrogens is 400 g/mol. The highest BCUT2D eigenvalue weighted by molar-refractivity contribution is 6.13. The number of ketones is 1. The van der Waals surface area contributed by atoms with Gasteiger partial charge >= 0.3 is 11.9 Å². The predicted molar refractivity (Wildman–Crippen MR) is 111 cm³/mol. The van der Waals surface area contributed by atoms with Gasteiger partial charge in [-0.15, -0.1) is 0 Å². The molecule has 2 fully saturated rings. The number of rotatable bonds is 1. The fourth-order valence-corrected chi connectivity index (χ4v) is 6.86. The van der Waals surface area contributed by atoms with Crippen molar-refractivity contribution in [3.63, 3.8) is 0 Å². The minimum atomic E-state index is -1.82. The second-order valence-corrected chi connectivity index (χ2v) is 10.5. The smallest absolute Gasteiger partial charge is 0.332 e. The number of methoxy groups -OCH3 is 1. The summed E-state index contributed by atoms with van der Waals surface area (Å²) in [5.41, 5.74) is -5.27. The highest BCUT2D eigenvalue weighted by Gasteiger charge is 2.79. The number of carbonyl (C=O) groups is 3. The van der Waals surface area contributed by atoms with E-state index in [2.05, 4.69) is 6.58 Å². The molecule has 0 aromatic carbocycles. The van der Waals surface area contributed by atoms with Gasteiger partial charge in [-0.1, -0.05) is 26.5 Å². The van der Waals surface area contributed by atoms with Crippen LogP contribution >= 0.6 is 0 Å². The third-order valence-corrected chi connectivity index (χ3v) is 8.62. The van der Waals surface area contributed by atoms with Crippen molar-refractivity contribution < 1.29 is 34.1 Å². The molecule has 0 aromatic rings. The van der Waals surface area contributed by atoms with Crippen LogP contribution in [0, 0.1) is 22.2 Å². The average Bonchev–Trinajstić information content (AvgIpc) is 2.73. The van der Waals surface area contributed by atoms with Crippen molar-refractivity contribution in [2.45, 2.75) is 64.8 Å². The molecule has 2 bridgehead atoms. The van der Waals surface area contributed by atoms with E-state index >= 15 is 0 Å². The first-order chi connectivity index (χ1) is 14.1. The van der Waals surface area contributed by atoms with Crippen LogP contribution in [0.1, 0.15) is 47.5 Å². The van der Waals surface area contributed by atoms with Crippen LogP contribution in [0.5, 0.6) is 0 Å². The van der Waals surface area contributed by atoms with Gasteiger partial charge in [0.2, 0.25) is 0 Å². The van der Waals surface area contributed by atoms with E-state index in [0.717, 1.165) is 0 Å². The van der Waals surface area contributed by atoms with Gasteiger partial charge in [-0.25, -0.2) is 4.79 Å². The molecule has 0 saturated heterocycles. The molecule has 4 aliphatic rings. The lowest BCUT2D eigenvalue weighted by Gasteiger charge is -2.57. The lowest BCUT2D eigenvalue weighted by atomic mass is 9.45. The van der Waals surface area contributed by atoms with Crippen molar-refractivity contribution in [2.75, 3.05) is 7.11 Å². The monoisotopic (exact) mass is 430 g/mol. The number of aliphatic hydroxyl groups excluding tert-OH is 1. The summed E-state index contributed by atoms with van der Waals surface area (Å²) >= 11 is 0. The largest absolute Gasteiger partial charge is 0.468 e. The number of cyclic esters (lactones) is 1. The fourth-order valence-electron chi connectivity index (χ4n) is 6.86. The van der Waals surface area contributed by atoms with Crippen LogP contribution in [-0.2, 0) is 23.9 Å². The van der Waals surface area contributed by atoms with Gasteiger partial charge in [0.25, 0.3) is 0 Å². The molecule has 7 heteroatoms. The molecule has 7 nitrogen and oxygen atoms in total. The first kappa shape index (κ1) is 22.0. The minimum Gasteiger partial charge on any atom is -0.468 e. The summed E-state index contributed by atoms with van der Waals surface area (Å²) in [6.45, 7) is 12.7. The second kappa shape index (κ2) is 5.95. The van der Waals surface area contributed by atoms with Crippen LogP contribution in [-0.4, -0.2) is 52.4 Å². The molecule has 0 aromatic heterocycles. The Kier molecular flexibility index (Phi) is 4.22. The van der Waals surface area contributed by atoms with Crippen LogP contribution in [0.15, 0.2) is 35.5 Å². The molecule has 1 aliphatic heterocycles. The molecule has 5 unspecified atom stereocenters. The standard InChI is InChI=1S/C24H30O7/c1-12-21(4)11-15-22(5,24(12,19(28)30-7)18(27)17(21)26)9-8-13-14(23(15,6)29)10-16(25)31-20(13,2)3/h8,10,15,17,26,29H,1,9,11H2,2-7H3/t15?,17?,21?,22?,23?,24-/m0/s1. The molecule has 2 saturated carbocycles. The van der Waals surface area contributed by atoms with Gasteiger partial charge in [0.15, 0.2) is 11.2 Å². The number of fused-ring (bicyclic) bond motifs is 5. The number of ether oxygens (including phenoxy) is 2. The molecule has 4 rings (SSSR count). The summed E-state index contributed by atoms with van der Waals surface area (Å²) < 4.78 is 10.6. The Balaban J connectivity index is 2.07. The van der Waals surface area contributed by atoms with Gasteiger partial charge in [-0.05, 0) is 50.3 Å². The molecule has 0 amide bonds. The number of esters is 2. The van der Waals surface area contributed by atoms with Crippen LogP contribution in [0.2, 0.25) is 0 Å². The van der Waals surface area contributed by atoms with Crippen molar-refractivity contribution in [1.29, 1.82) is 0 Å². The van der Waals surface area contributed by atoms with Gasteiger partial charge in [0.1, 0.15) is 11.7 Å². The van der Waals surface area contributed by atoms with Crippen molar-refractivity contribution in [2.24, 2.45) is 22.2 Å². The van der Waals surface area contributed by atoms with Gasteiger partial charge < -0.3 is 19.7 Å². The molecule has 3 aliphatic carbocycles. The van der Waals surface area contributed by atoms with E-state index in [1.54, 1.807) is 34.6 Å². The summed E-state index contributed by atoms with van der Waals surface area (Å²) in [4.78, 5) is 39.2. The molecule has 2 N–H and O–H groups in total. The highest BCUT2D eigenvalue weighted by Crippen LogP contribution is 2.73. The van der Waals surface area contributed by atoms with Crippen LogP contribution in [0.4, 0.5) is 0 Å². The van der Waals surface area contributed by atoms with Crippen LogP contribution in [0.3, 0.4) is 0 Å². The summed E-state index contributed by atoms with van der Waals surface area (Å²) in [7, 11) is 1.21. The van der Waals surface area contributed by atoms with E-state index in [4.69, 9.17) is 9.47 Å². The Morgan fingerprint density at radius 3 is 2.39 bits per heavy atom. The molecule has 0 radical (unpaired) electrons. The zero-order valence-electron chi connectivity index (χ0n) is 18.9. The third-order valence-electron chi connectivity index (χ3n) is 8.62. The number of carbonyl (C=O) groups excluding carboxylic acids is 3. The Morgan fingerprint density at radius 1 is 1.19 bits per heavy atom. The number of hydrogen-bond donors (Lipinski definition) is 2. The maximum Gasteiger partial charge on any atom is 0.332 e. The van der Waals surface area contributed by atoms with E-state index in [1.807, 2.05) is 6.08 Å². The number of aliphatic hydroxyl groups is 2. The first-order valence-corrected chi connectivity index (χ1v) is 10.5. The van der Waals surface area contributed by atoms with Crippen LogP contribution in [0.25, 0.3) is 0 Å². The maximum absolute atomic E-state index is 13.6. The second-order valence-electron chi connectivity index (χ2n) is 10.5. The topological polar surface area (TPSA) is 110 Å². The maximum atomic E-state index is 13.6. The zero-order valence-corrected chi connectivity index (χ0v) is 18.9. The van der Waals surface area contributed by atoms with E-state index in [-0.39, 0.29) is 12.8 Å². The number of hydrogen-bond acceptors (Lipinski definition) is 7. The minimum absolute atomic E-state index is 0.217. The molecule has 168 valence electrons.